The van der Waals surface area contributed by atoms with Crippen molar-refractivity contribution < 1.29 is 23.9 Å². The van der Waals surface area contributed by atoms with Crippen LogP contribution in [0, 0.1) is 0 Å². The lowest BCUT2D eigenvalue weighted by Gasteiger charge is -2.24. The maximum Gasteiger partial charge on any atom is 0.255 e. The van der Waals surface area contributed by atoms with Crippen molar-refractivity contribution in [3.63, 3.8) is 0 Å². The second kappa shape index (κ2) is 15.8. The summed E-state index contributed by atoms with van der Waals surface area (Å²) in [6.07, 6.45) is 4.40. The van der Waals surface area contributed by atoms with Crippen molar-refractivity contribution in [2.45, 2.75) is 51.1 Å². The highest BCUT2D eigenvalue weighted by Gasteiger charge is 2.26. The highest BCUT2D eigenvalue weighted by Crippen LogP contribution is 2.19. The lowest BCUT2D eigenvalue weighted by molar-refractivity contribution is -0.137. The molecular formula is C31H41N5O5. The number of fused-ring (bicyclic) bond motifs is 1. The Morgan fingerprint density at radius 1 is 0.976 bits per heavy atom. The molecular weight excluding hydrogens is 522 g/mol. The fraction of sp³-hybridized carbons (Fsp3) is 0.484. The number of benzene rings is 2. The largest absolute Gasteiger partial charge is 0.491 e. The van der Waals surface area contributed by atoms with Crippen molar-refractivity contribution in [3.05, 3.63) is 65.7 Å². The third-order valence-corrected chi connectivity index (χ3v) is 7.38. The van der Waals surface area contributed by atoms with Gasteiger partial charge in [0.05, 0.1) is 18.7 Å². The highest BCUT2D eigenvalue weighted by atomic mass is 16.5. The smallest absolute Gasteiger partial charge is 0.255 e. The van der Waals surface area contributed by atoms with E-state index in [1.807, 2.05) is 30.3 Å². The number of likely N-dealkylation sites (tertiary alicyclic amines) is 1. The van der Waals surface area contributed by atoms with Gasteiger partial charge in [-0.2, -0.15) is 0 Å². The van der Waals surface area contributed by atoms with E-state index in [1.165, 1.54) is 17.7 Å². The molecule has 1 fully saturated rings. The molecule has 2 aromatic rings. The monoisotopic (exact) mass is 563 g/mol. The first-order valence-electron chi connectivity index (χ1n) is 14.6. The van der Waals surface area contributed by atoms with Crippen LogP contribution in [0.3, 0.4) is 0 Å². The van der Waals surface area contributed by atoms with Gasteiger partial charge in [-0.1, -0.05) is 42.5 Å². The van der Waals surface area contributed by atoms with Crippen LogP contribution >= 0.6 is 0 Å². The van der Waals surface area contributed by atoms with E-state index in [0.717, 1.165) is 38.0 Å². The van der Waals surface area contributed by atoms with Crippen LogP contribution < -0.4 is 20.7 Å². The first kappa shape index (κ1) is 30.0. The molecule has 1 atom stereocenters. The van der Waals surface area contributed by atoms with Crippen LogP contribution in [0.5, 0.6) is 5.75 Å². The van der Waals surface area contributed by atoms with Crippen molar-refractivity contribution in [1.29, 1.82) is 0 Å². The summed E-state index contributed by atoms with van der Waals surface area (Å²) in [4.78, 5) is 56.5. The number of nitrogens with zero attached hydrogens (tertiary/aromatic N) is 2. The number of ether oxygens (including phenoxy) is 1. The van der Waals surface area contributed by atoms with Crippen LogP contribution in [0.4, 0.5) is 0 Å². The van der Waals surface area contributed by atoms with Crippen LogP contribution in [-0.2, 0) is 20.9 Å². The number of unbranched alkanes of at least 4 members (excludes halogenated alkanes) is 1. The summed E-state index contributed by atoms with van der Waals surface area (Å²) in [6.45, 7) is 4.29. The lowest BCUT2D eigenvalue weighted by atomic mass is 10.1. The Morgan fingerprint density at radius 3 is 2.54 bits per heavy atom. The normalized spacial score (nSPS) is 19.3. The summed E-state index contributed by atoms with van der Waals surface area (Å²) in [5.74, 6) is -1.01. The lowest BCUT2D eigenvalue weighted by Crippen LogP contribution is -2.48. The van der Waals surface area contributed by atoms with E-state index in [1.54, 1.807) is 24.3 Å². The summed E-state index contributed by atoms with van der Waals surface area (Å²) in [5.41, 5.74) is 1.18. The summed E-state index contributed by atoms with van der Waals surface area (Å²) in [7, 11) is 0. The number of hydrogen-bond acceptors (Lipinski definition) is 6. The van der Waals surface area contributed by atoms with Crippen LogP contribution in [0.2, 0.25) is 0 Å². The number of para-hydroxylation sites is 1. The van der Waals surface area contributed by atoms with Gasteiger partial charge in [-0.25, -0.2) is 0 Å². The number of amides is 4. The van der Waals surface area contributed by atoms with Gasteiger partial charge in [0, 0.05) is 19.5 Å². The molecule has 2 aromatic carbocycles. The van der Waals surface area contributed by atoms with Gasteiger partial charge in [0.25, 0.3) is 5.91 Å². The molecule has 10 heteroatoms. The Balaban J connectivity index is 1.45. The zero-order chi connectivity index (χ0) is 28.9. The van der Waals surface area contributed by atoms with Gasteiger partial charge < -0.3 is 30.5 Å². The van der Waals surface area contributed by atoms with E-state index < -0.39 is 11.9 Å². The molecule has 0 saturated carbocycles. The number of hydrogen-bond donors (Lipinski definition) is 3. The van der Waals surface area contributed by atoms with E-state index in [9.17, 15) is 19.2 Å². The third-order valence-electron chi connectivity index (χ3n) is 7.38. The fourth-order valence-electron chi connectivity index (χ4n) is 5.13. The summed E-state index contributed by atoms with van der Waals surface area (Å²) >= 11 is 0. The summed E-state index contributed by atoms with van der Waals surface area (Å²) in [6, 6.07) is 15.3. The zero-order valence-electron chi connectivity index (χ0n) is 23.6. The van der Waals surface area contributed by atoms with E-state index >= 15 is 0 Å². The zero-order valence-corrected chi connectivity index (χ0v) is 23.6. The maximum atomic E-state index is 13.3. The van der Waals surface area contributed by atoms with E-state index in [-0.39, 0.29) is 62.4 Å². The Bertz CT molecular complexity index is 1170. The Hall–Kier alpha value is -3.92. The first-order valence-corrected chi connectivity index (χ1v) is 14.6. The van der Waals surface area contributed by atoms with Gasteiger partial charge in [0.2, 0.25) is 17.7 Å². The third kappa shape index (κ3) is 9.60. The minimum atomic E-state index is -0.921. The summed E-state index contributed by atoms with van der Waals surface area (Å²) < 4.78 is 5.80. The predicted octanol–water partition coefficient (Wildman–Crippen LogP) is 2.09. The molecule has 0 bridgehead atoms. The molecule has 2 aliphatic rings. The number of rotatable bonds is 8. The number of carbonyl (C=O) groups is 4. The molecule has 1 saturated heterocycles. The molecule has 41 heavy (non-hydrogen) atoms. The SMILES string of the molecule is O=C1CN(Cc2ccccc2)C(=O)CC[C@@H](C(=O)NCCCCN2CCCC2)NC(=O)c2ccccc2OCCN1. The average molecular weight is 564 g/mol. The van der Waals surface area contributed by atoms with Crippen LogP contribution in [0.15, 0.2) is 54.6 Å². The molecule has 2 heterocycles. The van der Waals surface area contributed by atoms with Crippen molar-refractivity contribution in [2.75, 3.05) is 45.9 Å². The van der Waals surface area contributed by atoms with Gasteiger partial charge in [0.1, 0.15) is 18.4 Å². The maximum absolute atomic E-state index is 13.3. The minimum absolute atomic E-state index is 0.00835. The summed E-state index contributed by atoms with van der Waals surface area (Å²) in [5, 5.41) is 8.56. The molecule has 0 radical (unpaired) electrons. The van der Waals surface area contributed by atoms with Crippen LogP contribution in [-0.4, -0.2) is 85.3 Å². The first-order chi connectivity index (χ1) is 20.0. The Kier molecular flexibility index (Phi) is 11.5. The van der Waals surface area contributed by atoms with Crippen LogP contribution in [0.25, 0.3) is 0 Å². The number of carbonyl (C=O) groups excluding carboxylic acids is 4. The van der Waals surface area contributed by atoms with Gasteiger partial charge in [-0.05, 0) is 69.4 Å². The Labute approximate surface area is 241 Å². The topological polar surface area (TPSA) is 120 Å². The van der Waals surface area contributed by atoms with E-state index in [4.69, 9.17) is 4.74 Å². The average Bonchev–Trinajstić information content (AvgIpc) is 3.50. The minimum Gasteiger partial charge on any atom is -0.491 e. The van der Waals surface area contributed by atoms with Crippen molar-refractivity contribution >= 4 is 23.6 Å². The predicted molar refractivity (Wildman–Crippen MR) is 155 cm³/mol. The molecule has 0 aliphatic carbocycles. The molecule has 4 rings (SSSR count). The molecule has 2 aliphatic heterocycles. The fourth-order valence-corrected chi connectivity index (χ4v) is 5.13. The van der Waals surface area contributed by atoms with Crippen LogP contribution in [0.1, 0.15) is 54.4 Å². The Morgan fingerprint density at radius 2 is 1.73 bits per heavy atom. The molecule has 3 N–H and O–H groups in total. The molecule has 4 amide bonds. The van der Waals surface area contributed by atoms with Crippen molar-refractivity contribution in [1.82, 2.24) is 25.8 Å². The molecule has 0 unspecified atom stereocenters. The molecule has 220 valence electrons. The van der Waals surface area contributed by atoms with Gasteiger partial charge in [0.15, 0.2) is 0 Å². The highest BCUT2D eigenvalue weighted by molar-refractivity contribution is 5.99. The second-order valence-electron chi connectivity index (χ2n) is 10.5. The quantitative estimate of drug-likeness (QED) is 0.423. The number of nitrogens with one attached hydrogen (secondary N) is 3. The van der Waals surface area contributed by atoms with E-state index in [2.05, 4.69) is 20.9 Å². The second-order valence-corrected chi connectivity index (χ2v) is 10.5. The molecule has 0 aromatic heterocycles. The van der Waals surface area contributed by atoms with Gasteiger partial charge >= 0.3 is 0 Å². The van der Waals surface area contributed by atoms with E-state index in [0.29, 0.717) is 12.3 Å². The molecule has 0 spiro atoms. The van der Waals surface area contributed by atoms with Gasteiger partial charge in [-0.15, -0.1) is 0 Å². The van der Waals surface area contributed by atoms with Crippen molar-refractivity contribution in [2.24, 2.45) is 0 Å². The molecule has 10 nitrogen and oxygen atoms in total. The van der Waals surface area contributed by atoms with Gasteiger partial charge in [-0.3, -0.25) is 19.2 Å². The standard InChI is InChI=1S/C31H41N5O5/c37-28-23-36(22-24-10-2-1-3-11-24)29(38)15-14-26(31(40)33-16-6-7-18-35-19-8-9-20-35)34-30(39)25-12-4-5-13-27(25)41-21-17-32-28/h1-5,10-13,26H,6-9,14-23H2,(H,32,37)(H,33,40)(H,34,39)/t26-/m0/s1. The van der Waals surface area contributed by atoms with Crippen molar-refractivity contribution in [3.8, 4) is 5.75 Å².